The molecule has 6 heterocycles. The van der Waals surface area contributed by atoms with Crippen LogP contribution in [-0.2, 0) is 9.59 Å². The second-order valence-corrected chi connectivity index (χ2v) is 17.7. The first-order valence-corrected chi connectivity index (χ1v) is 20.9. The molecule has 2 amide bonds. The Hall–Kier alpha value is -5.40. The maximum absolute atomic E-state index is 13.1. The van der Waals surface area contributed by atoms with Crippen molar-refractivity contribution in [1.82, 2.24) is 29.9 Å². The third kappa shape index (κ3) is 8.56. The number of nitrogens with one attached hydrogen (secondary N) is 2. The van der Waals surface area contributed by atoms with E-state index in [9.17, 15) is 9.59 Å². The highest BCUT2D eigenvalue weighted by Crippen LogP contribution is 2.42. The number of anilines is 6. The number of hydrogen-bond donors (Lipinski definition) is 2. The van der Waals surface area contributed by atoms with E-state index in [0.717, 1.165) is 60.0 Å². The largest absolute Gasteiger partial charge is 0.351 e. The van der Waals surface area contributed by atoms with Crippen LogP contribution in [0.3, 0.4) is 0 Å². The first-order chi connectivity index (χ1) is 27.7. The summed E-state index contributed by atoms with van der Waals surface area (Å²) in [5.41, 5.74) is 2.67. The molecule has 14 heteroatoms. The number of nitrogens with zero attached hydrogens (tertiary/aromatic N) is 10. The predicted molar refractivity (Wildman–Crippen MR) is 230 cm³/mol. The van der Waals surface area contributed by atoms with E-state index in [4.69, 9.17) is 9.97 Å². The van der Waals surface area contributed by atoms with Crippen molar-refractivity contribution in [3.8, 4) is 0 Å². The van der Waals surface area contributed by atoms with Gasteiger partial charge in [-0.05, 0) is 97.1 Å². The standard InChI is InChI=1S/2C22H30N6O/c1-15(17-11-7-8-12-23-17)25-21-24-13-18-19(26-21)28(16-9-5-6-10-16)14-22(2,3)20(29)27(18)4;1-15(16-9-11-23-12-10-16)25-21-24-13-18-19(26-21)28(17-7-5-6-8-17)14-22(2,3)20(29)27(18)4/h7-8,11-13,15-16H,5-6,9-10,14H2,1-4H3,(H,24,25,26);9-13,15,17H,5-8,14H2,1-4H3,(H,24,25,26). The predicted octanol–water partition coefficient (Wildman–Crippen LogP) is 7.59. The summed E-state index contributed by atoms with van der Waals surface area (Å²) in [5.74, 6) is 3.06. The van der Waals surface area contributed by atoms with Crippen LogP contribution in [0.5, 0.6) is 0 Å². The molecule has 2 fully saturated rings. The number of amides is 2. The van der Waals surface area contributed by atoms with Crippen LogP contribution in [0.25, 0.3) is 0 Å². The lowest BCUT2D eigenvalue weighted by atomic mass is 9.91. The van der Waals surface area contributed by atoms with Gasteiger partial charge >= 0.3 is 0 Å². The fourth-order valence-electron chi connectivity index (χ4n) is 8.90. The van der Waals surface area contributed by atoms with Crippen molar-refractivity contribution in [1.29, 1.82) is 0 Å². The number of hydrogen-bond acceptors (Lipinski definition) is 12. The first-order valence-electron chi connectivity index (χ1n) is 20.9. The van der Waals surface area contributed by atoms with Crippen LogP contribution in [0.15, 0.2) is 61.3 Å². The summed E-state index contributed by atoms with van der Waals surface area (Å²) in [6.45, 7) is 13.6. The molecule has 4 aliphatic rings. The lowest BCUT2D eigenvalue weighted by molar-refractivity contribution is -0.126. The molecule has 2 atom stereocenters. The maximum Gasteiger partial charge on any atom is 0.234 e. The van der Waals surface area contributed by atoms with Gasteiger partial charge in [-0.3, -0.25) is 19.6 Å². The molecular formula is C44H60N12O2. The Kier molecular flexibility index (Phi) is 11.8. The summed E-state index contributed by atoms with van der Waals surface area (Å²) in [7, 11) is 3.66. The number of pyridine rings is 2. The van der Waals surface area contributed by atoms with Gasteiger partial charge < -0.3 is 30.2 Å². The lowest BCUT2D eigenvalue weighted by Gasteiger charge is -2.34. The van der Waals surface area contributed by atoms with Gasteiger partial charge in [0, 0.05) is 57.9 Å². The minimum atomic E-state index is -0.479. The van der Waals surface area contributed by atoms with Crippen LogP contribution in [-0.4, -0.2) is 81.0 Å². The van der Waals surface area contributed by atoms with Crippen LogP contribution in [0.4, 0.5) is 34.9 Å². The Morgan fingerprint density at radius 3 is 1.55 bits per heavy atom. The highest BCUT2D eigenvalue weighted by Gasteiger charge is 2.43. The fraction of sp³-hybridized carbons (Fsp3) is 0.545. The summed E-state index contributed by atoms with van der Waals surface area (Å²) in [5, 5.41) is 6.78. The van der Waals surface area contributed by atoms with Crippen LogP contribution < -0.4 is 30.2 Å². The second-order valence-electron chi connectivity index (χ2n) is 17.7. The molecule has 308 valence electrons. The minimum absolute atomic E-state index is 0.0178. The Bertz CT molecular complexity index is 1900. The Labute approximate surface area is 343 Å². The highest BCUT2D eigenvalue weighted by molar-refractivity contribution is 6.01. The van der Waals surface area contributed by atoms with Crippen molar-refractivity contribution >= 4 is 46.7 Å². The van der Waals surface area contributed by atoms with Gasteiger partial charge in [-0.2, -0.15) is 9.97 Å². The number of rotatable bonds is 8. The third-order valence-electron chi connectivity index (χ3n) is 12.2. The van der Waals surface area contributed by atoms with Gasteiger partial charge in [-0.15, -0.1) is 0 Å². The molecule has 0 aromatic carbocycles. The van der Waals surface area contributed by atoms with Crippen molar-refractivity contribution in [2.24, 2.45) is 10.8 Å². The second kappa shape index (κ2) is 16.8. The minimum Gasteiger partial charge on any atom is -0.351 e. The lowest BCUT2D eigenvalue weighted by Crippen LogP contribution is -2.45. The fourth-order valence-corrected chi connectivity index (χ4v) is 8.90. The average molecular weight is 789 g/mol. The first kappa shape index (κ1) is 40.8. The molecule has 2 aliphatic carbocycles. The Morgan fingerprint density at radius 1 is 0.638 bits per heavy atom. The van der Waals surface area contributed by atoms with Crippen molar-refractivity contribution in [2.75, 3.05) is 57.4 Å². The monoisotopic (exact) mass is 788 g/mol. The van der Waals surface area contributed by atoms with Gasteiger partial charge in [0.05, 0.1) is 41.0 Å². The Morgan fingerprint density at radius 2 is 1.10 bits per heavy atom. The van der Waals surface area contributed by atoms with E-state index >= 15 is 0 Å². The topological polar surface area (TPSA) is 148 Å². The number of fused-ring (bicyclic) bond motifs is 2. The van der Waals surface area contributed by atoms with Gasteiger partial charge in [-0.1, -0.05) is 31.7 Å². The molecule has 2 unspecified atom stereocenters. The number of aromatic nitrogens is 6. The molecule has 0 spiro atoms. The van der Waals surface area contributed by atoms with E-state index in [1.54, 1.807) is 40.8 Å². The van der Waals surface area contributed by atoms with Crippen LogP contribution in [0, 0.1) is 10.8 Å². The molecule has 8 rings (SSSR count). The summed E-state index contributed by atoms with van der Waals surface area (Å²) in [4.78, 5) is 61.6. The van der Waals surface area contributed by atoms with Crippen molar-refractivity contribution < 1.29 is 9.59 Å². The third-order valence-corrected chi connectivity index (χ3v) is 12.2. The highest BCUT2D eigenvalue weighted by atomic mass is 16.2. The Balaban J connectivity index is 0.000000177. The molecular weight excluding hydrogens is 729 g/mol. The molecule has 0 radical (unpaired) electrons. The van der Waals surface area contributed by atoms with Gasteiger partial charge in [0.1, 0.15) is 11.4 Å². The molecule has 14 nitrogen and oxygen atoms in total. The molecule has 0 bridgehead atoms. The zero-order chi connectivity index (χ0) is 41.2. The molecule has 4 aromatic rings. The molecule has 0 saturated heterocycles. The number of carbonyl (C=O) groups excluding carboxylic acids is 2. The van der Waals surface area contributed by atoms with Crippen LogP contribution >= 0.6 is 0 Å². The van der Waals surface area contributed by atoms with E-state index in [2.05, 4.69) is 47.3 Å². The van der Waals surface area contributed by atoms with Crippen LogP contribution in [0.2, 0.25) is 0 Å². The maximum atomic E-state index is 13.1. The van der Waals surface area contributed by atoms with E-state index < -0.39 is 10.8 Å². The van der Waals surface area contributed by atoms with Crippen molar-refractivity contribution in [3.05, 3.63) is 72.6 Å². The smallest absolute Gasteiger partial charge is 0.234 e. The SMILES string of the molecule is CC(Nc1ncc2c(n1)N(C1CCCC1)CC(C)(C)C(=O)N2C)c1ccccn1.CC(Nc1ncc2c(n1)N(C1CCCC1)CC(C)(C)C(=O)N2C)c1ccncc1. The summed E-state index contributed by atoms with van der Waals surface area (Å²) < 4.78 is 0. The molecule has 2 saturated carbocycles. The molecule has 2 aliphatic heterocycles. The number of carbonyl (C=O) groups is 2. The molecule has 2 N–H and O–H groups in total. The molecule has 4 aromatic heterocycles. The van der Waals surface area contributed by atoms with Gasteiger partial charge in [0.15, 0.2) is 11.6 Å². The zero-order valence-electron chi connectivity index (χ0n) is 35.4. The summed E-state index contributed by atoms with van der Waals surface area (Å²) in [6.07, 6.45) is 18.4. The van der Waals surface area contributed by atoms with Crippen molar-refractivity contribution in [2.45, 2.75) is 117 Å². The van der Waals surface area contributed by atoms with Gasteiger partial charge in [0.25, 0.3) is 0 Å². The van der Waals surface area contributed by atoms with Crippen LogP contribution in [0.1, 0.15) is 116 Å². The van der Waals surface area contributed by atoms with E-state index in [0.29, 0.717) is 37.1 Å². The van der Waals surface area contributed by atoms with E-state index in [1.807, 2.05) is 79.0 Å². The summed E-state index contributed by atoms with van der Waals surface area (Å²) in [6, 6.07) is 10.7. The average Bonchev–Trinajstić information content (AvgIpc) is 3.96. The van der Waals surface area contributed by atoms with E-state index in [1.165, 1.54) is 25.7 Å². The normalized spacial score (nSPS) is 20.3. The summed E-state index contributed by atoms with van der Waals surface area (Å²) >= 11 is 0. The van der Waals surface area contributed by atoms with Gasteiger partial charge in [0.2, 0.25) is 23.7 Å². The van der Waals surface area contributed by atoms with Gasteiger partial charge in [-0.25, -0.2) is 9.97 Å². The molecule has 58 heavy (non-hydrogen) atoms. The van der Waals surface area contributed by atoms with E-state index in [-0.39, 0.29) is 23.9 Å². The van der Waals surface area contributed by atoms with Crippen molar-refractivity contribution in [3.63, 3.8) is 0 Å². The quantitative estimate of drug-likeness (QED) is 0.181. The zero-order valence-corrected chi connectivity index (χ0v) is 35.4.